The number of hydrogen-bond donors (Lipinski definition) is 0. The van der Waals surface area contributed by atoms with E-state index < -0.39 is 0 Å². The lowest BCUT2D eigenvalue weighted by Gasteiger charge is -2.15. The molecule has 0 N–H and O–H groups in total. The molecule has 0 radical (unpaired) electrons. The molecule has 1 aromatic heterocycles. The van der Waals surface area contributed by atoms with Crippen LogP contribution in [0, 0.1) is 13.8 Å². The van der Waals surface area contributed by atoms with Gasteiger partial charge in [-0.1, -0.05) is 28.1 Å². The Morgan fingerprint density at radius 1 is 1.29 bits per heavy atom. The molecule has 3 rings (SSSR count). The van der Waals surface area contributed by atoms with Crippen LogP contribution in [0.2, 0.25) is 0 Å². The molecule has 126 valence electrons. The van der Waals surface area contributed by atoms with E-state index in [0.29, 0.717) is 12.6 Å². The maximum absolute atomic E-state index is 12.4. The molecule has 1 amide bonds. The highest BCUT2D eigenvalue weighted by atomic mass is 79.9. The third-order valence-electron chi connectivity index (χ3n) is 4.55. The SMILES string of the molecule is Cc1cc(/C=C/C(=O)N(C)Cc2ccc(Br)cc2)c(C)n1C1CC1. The van der Waals surface area contributed by atoms with E-state index in [0.717, 1.165) is 15.6 Å². The van der Waals surface area contributed by atoms with Gasteiger partial charge in [-0.05, 0) is 62.1 Å². The van der Waals surface area contributed by atoms with E-state index in [1.807, 2.05) is 37.4 Å². The Kier molecular flexibility index (Phi) is 4.95. The average Bonchev–Trinajstić information content (AvgIpc) is 3.33. The van der Waals surface area contributed by atoms with Crippen molar-refractivity contribution < 1.29 is 4.79 Å². The van der Waals surface area contributed by atoms with Crippen molar-refractivity contribution in [3.63, 3.8) is 0 Å². The summed E-state index contributed by atoms with van der Waals surface area (Å²) in [7, 11) is 1.84. The molecule has 4 heteroatoms. The van der Waals surface area contributed by atoms with Crippen molar-refractivity contribution in [2.75, 3.05) is 7.05 Å². The molecular weight excluding hydrogens is 364 g/mol. The second kappa shape index (κ2) is 6.98. The van der Waals surface area contributed by atoms with Gasteiger partial charge in [-0.3, -0.25) is 4.79 Å². The summed E-state index contributed by atoms with van der Waals surface area (Å²) < 4.78 is 3.45. The molecule has 0 saturated heterocycles. The van der Waals surface area contributed by atoms with Crippen molar-refractivity contribution >= 4 is 27.9 Å². The van der Waals surface area contributed by atoms with E-state index in [2.05, 4.69) is 40.4 Å². The topological polar surface area (TPSA) is 25.2 Å². The first-order chi connectivity index (χ1) is 11.5. The zero-order valence-corrected chi connectivity index (χ0v) is 16.0. The molecule has 0 bridgehead atoms. The van der Waals surface area contributed by atoms with Crippen molar-refractivity contribution in [1.29, 1.82) is 0 Å². The Labute approximate surface area is 152 Å². The van der Waals surface area contributed by atoms with Gasteiger partial charge in [0.05, 0.1) is 0 Å². The minimum Gasteiger partial charge on any atom is -0.346 e. The standard InChI is InChI=1S/C20H23BrN2O/c1-14-12-17(15(2)23(14)19-9-10-19)6-11-20(24)22(3)13-16-4-7-18(21)8-5-16/h4-8,11-12,19H,9-10,13H2,1-3H3/b11-6+. The van der Waals surface area contributed by atoms with Gasteiger partial charge in [0, 0.05) is 41.6 Å². The molecular formula is C20H23BrN2O. The minimum absolute atomic E-state index is 0.0224. The third-order valence-corrected chi connectivity index (χ3v) is 5.08. The molecule has 0 aliphatic heterocycles. The van der Waals surface area contributed by atoms with E-state index >= 15 is 0 Å². The molecule has 0 unspecified atom stereocenters. The highest BCUT2D eigenvalue weighted by Crippen LogP contribution is 2.38. The summed E-state index contributed by atoms with van der Waals surface area (Å²) in [5, 5.41) is 0. The number of likely N-dealkylation sites (N-methyl/N-ethyl adjacent to an activating group) is 1. The van der Waals surface area contributed by atoms with Crippen LogP contribution in [0.3, 0.4) is 0 Å². The van der Waals surface area contributed by atoms with Crippen LogP contribution in [-0.2, 0) is 11.3 Å². The normalized spacial score (nSPS) is 14.3. The van der Waals surface area contributed by atoms with Crippen LogP contribution < -0.4 is 0 Å². The molecule has 1 saturated carbocycles. The average molecular weight is 387 g/mol. The highest BCUT2D eigenvalue weighted by molar-refractivity contribution is 9.10. The molecule has 1 heterocycles. The summed E-state index contributed by atoms with van der Waals surface area (Å²) in [5.74, 6) is 0.0224. The van der Waals surface area contributed by atoms with Gasteiger partial charge < -0.3 is 9.47 Å². The summed E-state index contributed by atoms with van der Waals surface area (Å²) in [6, 6.07) is 10.9. The van der Waals surface area contributed by atoms with Crippen LogP contribution >= 0.6 is 15.9 Å². The maximum atomic E-state index is 12.4. The maximum Gasteiger partial charge on any atom is 0.246 e. The Morgan fingerprint density at radius 2 is 1.96 bits per heavy atom. The number of rotatable bonds is 5. The summed E-state index contributed by atoms with van der Waals surface area (Å²) in [5.41, 5.74) is 4.80. The Balaban J connectivity index is 1.66. The van der Waals surface area contributed by atoms with Crippen LogP contribution in [0.4, 0.5) is 0 Å². The molecule has 3 nitrogen and oxygen atoms in total. The zero-order chi connectivity index (χ0) is 17.3. The number of carbonyl (C=O) groups is 1. The van der Waals surface area contributed by atoms with E-state index in [4.69, 9.17) is 0 Å². The number of nitrogens with zero attached hydrogens (tertiary/aromatic N) is 2. The number of amides is 1. The smallest absolute Gasteiger partial charge is 0.246 e. The zero-order valence-electron chi connectivity index (χ0n) is 14.4. The lowest BCUT2D eigenvalue weighted by atomic mass is 10.2. The lowest BCUT2D eigenvalue weighted by Crippen LogP contribution is -2.24. The number of carbonyl (C=O) groups excluding carboxylic acids is 1. The van der Waals surface area contributed by atoms with Gasteiger partial charge in [0.2, 0.25) is 5.91 Å². The van der Waals surface area contributed by atoms with Crippen LogP contribution in [-0.4, -0.2) is 22.4 Å². The summed E-state index contributed by atoms with van der Waals surface area (Å²) in [6.45, 7) is 4.89. The summed E-state index contributed by atoms with van der Waals surface area (Å²) >= 11 is 3.43. The largest absolute Gasteiger partial charge is 0.346 e. The second-order valence-electron chi connectivity index (χ2n) is 6.58. The predicted molar refractivity (Wildman–Crippen MR) is 102 cm³/mol. The van der Waals surface area contributed by atoms with Gasteiger partial charge in [0.25, 0.3) is 0 Å². The first kappa shape index (κ1) is 17.0. The Bertz CT molecular complexity index is 770. The Morgan fingerprint density at radius 3 is 2.58 bits per heavy atom. The lowest BCUT2D eigenvalue weighted by molar-refractivity contribution is -0.125. The van der Waals surface area contributed by atoms with Gasteiger partial charge in [-0.25, -0.2) is 0 Å². The fourth-order valence-electron chi connectivity index (χ4n) is 3.10. The van der Waals surface area contributed by atoms with Crippen molar-refractivity contribution in [2.24, 2.45) is 0 Å². The number of benzene rings is 1. The van der Waals surface area contributed by atoms with Crippen LogP contribution in [0.1, 0.15) is 41.4 Å². The molecule has 1 aromatic carbocycles. The molecule has 0 spiro atoms. The monoisotopic (exact) mass is 386 g/mol. The fraction of sp³-hybridized carbons (Fsp3) is 0.350. The number of halogens is 1. The van der Waals surface area contributed by atoms with E-state index in [1.54, 1.807) is 11.0 Å². The number of aromatic nitrogens is 1. The quantitative estimate of drug-likeness (QED) is 0.672. The van der Waals surface area contributed by atoms with Gasteiger partial charge >= 0.3 is 0 Å². The fourth-order valence-corrected chi connectivity index (χ4v) is 3.36. The molecule has 1 aliphatic carbocycles. The van der Waals surface area contributed by atoms with Gasteiger partial charge in [-0.2, -0.15) is 0 Å². The van der Waals surface area contributed by atoms with E-state index in [9.17, 15) is 4.79 Å². The highest BCUT2D eigenvalue weighted by Gasteiger charge is 2.26. The molecule has 0 atom stereocenters. The summed E-state index contributed by atoms with van der Waals surface area (Å²) in [6.07, 6.45) is 6.17. The van der Waals surface area contributed by atoms with Crippen molar-refractivity contribution in [1.82, 2.24) is 9.47 Å². The van der Waals surface area contributed by atoms with Gasteiger partial charge in [-0.15, -0.1) is 0 Å². The van der Waals surface area contributed by atoms with Gasteiger partial charge in [0.1, 0.15) is 0 Å². The number of aryl methyl sites for hydroxylation is 1. The van der Waals surface area contributed by atoms with Crippen molar-refractivity contribution in [3.8, 4) is 0 Å². The molecule has 2 aromatic rings. The Hall–Kier alpha value is -1.81. The molecule has 24 heavy (non-hydrogen) atoms. The van der Waals surface area contributed by atoms with Gasteiger partial charge in [0.15, 0.2) is 0 Å². The van der Waals surface area contributed by atoms with Crippen LogP contribution in [0.25, 0.3) is 6.08 Å². The summed E-state index contributed by atoms with van der Waals surface area (Å²) in [4.78, 5) is 14.1. The first-order valence-corrected chi connectivity index (χ1v) is 9.11. The minimum atomic E-state index is 0.0224. The van der Waals surface area contributed by atoms with E-state index in [-0.39, 0.29) is 5.91 Å². The van der Waals surface area contributed by atoms with Crippen LogP contribution in [0.5, 0.6) is 0 Å². The van der Waals surface area contributed by atoms with Crippen LogP contribution in [0.15, 0.2) is 40.9 Å². The predicted octanol–water partition coefficient (Wildman–Crippen LogP) is 4.87. The molecule has 1 aliphatic rings. The second-order valence-corrected chi connectivity index (χ2v) is 7.50. The molecule has 1 fully saturated rings. The third kappa shape index (κ3) is 3.81. The van der Waals surface area contributed by atoms with E-state index in [1.165, 1.54) is 24.2 Å². The van der Waals surface area contributed by atoms with Crippen molar-refractivity contribution in [3.05, 3.63) is 63.4 Å². The van der Waals surface area contributed by atoms with Crippen molar-refractivity contribution in [2.45, 2.75) is 39.3 Å². The first-order valence-electron chi connectivity index (χ1n) is 8.32. The number of hydrogen-bond acceptors (Lipinski definition) is 1.